The van der Waals surface area contributed by atoms with E-state index in [-0.39, 0.29) is 37.4 Å². The molecule has 0 heterocycles. The number of fused-ring (bicyclic) bond motifs is 3. The third-order valence-corrected chi connectivity index (χ3v) is 6.19. The monoisotopic (exact) mass is 436 g/mol. The molecule has 2 aromatic carbocycles. The van der Waals surface area contributed by atoms with Crippen LogP contribution in [0.3, 0.4) is 0 Å². The molecular formula is C25H28N2O5. The van der Waals surface area contributed by atoms with E-state index in [2.05, 4.69) is 29.6 Å². The van der Waals surface area contributed by atoms with E-state index in [0.29, 0.717) is 6.42 Å². The zero-order chi connectivity index (χ0) is 22.7. The van der Waals surface area contributed by atoms with Gasteiger partial charge in [0.2, 0.25) is 5.91 Å². The number of hydrogen-bond acceptors (Lipinski definition) is 4. The summed E-state index contributed by atoms with van der Waals surface area (Å²) in [5.41, 5.74) is 4.59. The van der Waals surface area contributed by atoms with Gasteiger partial charge in [0.05, 0.1) is 0 Å². The molecule has 7 nitrogen and oxygen atoms in total. The number of benzene rings is 2. The number of hydrogen-bond donors (Lipinski definition) is 2. The van der Waals surface area contributed by atoms with Gasteiger partial charge in [0, 0.05) is 24.4 Å². The van der Waals surface area contributed by atoms with E-state index in [1.807, 2.05) is 31.2 Å². The molecule has 0 aromatic heterocycles. The SMILES string of the molecule is CCC(CC(=O)N(CC(=O)O)C1CC1)NC(=O)OCC1c2ccccc2-c2ccccc21. The third-order valence-electron chi connectivity index (χ3n) is 6.19. The first kappa shape index (κ1) is 21.9. The van der Waals surface area contributed by atoms with E-state index in [4.69, 9.17) is 9.84 Å². The largest absolute Gasteiger partial charge is 0.480 e. The maximum absolute atomic E-state index is 12.6. The minimum atomic E-state index is -1.03. The fourth-order valence-corrected chi connectivity index (χ4v) is 4.39. The number of alkyl carbamates (subject to hydrolysis) is 1. The zero-order valence-electron chi connectivity index (χ0n) is 18.1. The van der Waals surface area contributed by atoms with E-state index in [1.165, 1.54) is 4.90 Å². The van der Waals surface area contributed by atoms with Crippen LogP contribution in [0.25, 0.3) is 11.1 Å². The summed E-state index contributed by atoms with van der Waals surface area (Å²) >= 11 is 0. The van der Waals surface area contributed by atoms with Crippen molar-refractivity contribution in [2.45, 2.75) is 50.6 Å². The van der Waals surface area contributed by atoms with Crippen molar-refractivity contribution in [2.24, 2.45) is 0 Å². The quantitative estimate of drug-likeness (QED) is 0.624. The van der Waals surface area contributed by atoms with Crippen LogP contribution in [-0.4, -0.2) is 53.2 Å². The summed E-state index contributed by atoms with van der Waals surface area (Å²) in [6, 6.07) is 15.9. The second kappa shape index (κ2) is 9.42. The number of ether oxygens (including phenoxy) is 1. The van der Waals surface area contributed by atoms with Crippen molar-refractivity contribution in [2.75, 3.05) is 13.2 Å². The van der Waals surface area contributed by atoms with Crippen LogP contribution in [0.2, 0.25) is 0 Å². The Bertz CT molecular complexity index is 971. The summed E-state index contributed by atoms with van der Waals surface area (Å²) in [5.74, 6) is -1.31. The molecular weight excluding hydrogens is 408 g/mol. The summed E-state index contributed by atoms with van der Waals surface area (Å²) in [7, 11) is 0. The Morgan fingerprint density at radius 1 is 1.06 bits per heavy atom. The van der Waals surface area contributed by atoms with Gasteiger partial charge in [0.25, 0.3) is 0 Å². The summed E-state index contributed by atoms with van der Waals surface area (Å²) in [6.07, 6.45) is 1.69. The van der Waals surface area contributed by atoms with Gasteiger partial charge in [-0.1, -0.05) is 55.5 Å². The second-order valence-electron chi connectivity index (χ2n) is 8.43. The van der Waals surface area contributed by atoms with Gasteiger partial charge in [-0.15, -0.1) is 0 Å². The fraction of sp³-hybridized carbons (Fsp3) is 0.400. The van der Waals surface area contributed by atoms with E-state index in [9.17, 15) is 14.4 Å². The van der Waals surface area contributed by atoms with Crippen molar-refractivity contribution in [1.29, 1.82) is 0 Å². The predicted octanol–water partition coefficient (Wildman–Crippen LogP) is 3.77. The first-order valence-electron chi connectivity index (χ1n) is 11.1. The summed E-state index contributed by atoms with van der Waals surface area (Å²) < 4.78 is 5.57. The maximum atomic E-state index is 12.6. The summed E-state index contributed by atoms with van der Waals surface area (Å²) in [4.78, 5) is 37.6. The minimum Gasteiger partial charge on any atom is -0.480 e. The molecule has 0 spiro atoms. The average Bonchev–Trinajstić information content (AvgIpc) is 3.58. The minimum absolute atomic E-state index is 0.00515. The lowest BCUT2D eigenvalue weighted by Crippen LogP contribution is -2.43. The number of rotatable bonds is 9. The van der Waals surface area contributed by atoms with Gasteiger partial charge in [-0.25, -0.2) is 4.79 Å². The van der Waals surface area contributed by atoms with Crippen LogP contribution in [0, 0.1) is 0 Å². The normalized spacial score (nSPS) is 15.4. The van der Waals surface area contributed by atoms with Gasteiger partial charge in [0.15, 0.2) is 0 Å². The molecule has 2 aliphatic carbocycles. The number of carboxylic acids is 1. The van der Waals surface area contributed by atoms with Crippen LogP contribution in [0.4, 0.5) is 4.79 Å². The fourth-order valence-electron chi connectivity index (χ4n) is 4.39. The highest BCUT2D eigenvalue weighted by Crippen LogP contribution is 2.44. The lowest BCUT2D eigenvalue weighted by atomic mass is 9.98. The number of carboxylic acid groups (broad SMARTS) is 1. The Morgan fingerprint density at radius 2 is 1.66 bits per heavy atom. The van der Waals surface area contributed by atoms with Crippen molar-refractivity contribution in [3.63, 3.8) is 0 Å². The molecule has 1 fully saturated rings. The predicted molar refractivity (Wildman–Crippen MR) is 119 cm³/mol. The highest BCUT2D eigenvalue weighted by molar-refractivity contribution is 5.83. The van der Waals surface area contributed by atoms with E-state index in [0.717, 1.165) is 35.1 Å². The Balaban J connectivity index is 1.35. The molecule has 4 rings (SSSR count). The third kappa shape index (κ3) is 4.77. The van der Waals surface area contributed by atoms with E-state index < -0.39 is 18.1 Å². The average molecular weight is 437 g/mol. The number of amides is 2. The highest BCUT2D eigenvalue weighted by Gasteiger charge is 2.35. The number of aliphatic carboxylic acids is 1. The molecule has 1 saturated carbocycles. The van der Waals surface area contributed by atoms with Crippen molar-refractivity contribution >= 4 is 18.0 Å². The van der Waals surface area contributed by atoms with Gasteiger partial charge >= 0.3 is 12.1 Å². The van der Waals surface area contributed by atoms with Crippen molar-refractivity contribution in [3.8, 4) is 11.1 Å². The van der Waals surface area contributed by atoms with Crippen molar-refractivity contribution in [1.82, 2.24) is 10.2 Å². The molecule has 0 saturated heterocycles. The molecule has 0 radical (unpaired) electrons. The molecule has 0 aliphatic heterocycles. The molecule has 2 amide bonds. The first-order chi connectivity index (χ1) is 15.5. The zero-order valence-corrected chi connectivity index (χ0v) is 18.1. The Labute approximate surface area is 187 Å². The Kier molecular flexibility index (Phi) is 6.44. The molecule has 1 unspecified atom stereocenters. The van der Waals surface area contributed by atoms with Crippen molar-refractivity contribution in [3.05, 3.63) is 59.7 Å². The number of carbonyl (C=O) groups excluding carboxylic acids is 2. The van der Waals surface area contributed by atoms with Crippen LogP contribution >= 0.6 is 0 Å². The number of nitrogens with zero attached hydrogens (tertiary/aromatic N) is 1. The van der Waals surface area contributed by atoms with Crippen LogP contribution in [0.1, 0.15) is 49.7 Å². The summed E-state index contributed by atoms with van der Waals surface area (Å²) in [5, 5.41) is 11.9. The van der Waals surface area contributed by atoms with Gasteiger partial charge in [-0.3, -0.25) is 9.59 Å². The van der Waals surface area contributed by atoms with Gasteiger partial charge < -0.3 is 20.1 Å². The molecule has 2 N–H and O–H groups in total. The van der Waals surface area contributed by atoms with Crippen LogP contribution < -0.4 is 5.32 Å². The molecule has 2 aliphatic rings. The van der Waals surface area contributed by atoms with Crippen LogP contribution in [0.5, 0.6) is 0 Å². The first-order valence-corrected chi connectivity index (χ1v) is 11.1. The van der Waals surface area contributed by atoms with Crippen molar-refractivity contribution < 1.29 is 24.2 Å². The summed E-state index contributed by atoms with van der Waals surface area (Å²) in [6.45, 7) is 1.78. The Hall–Kier alpha value is -3.35. The smallest absolute Gasteiger partial charge is 0.407 e. The van der Waals surface area contributed by atoms with Gasteiger partial charge in [-0.2, -0.15) is 0 Å². The lowest BCUT2D eigenvalue weighted by Gasteiger charge is -2.24. The topological polar surface area (TPSA) is 95.9 Å². The second-order valence-corrected chi connectivity index (χ2v) is 8.43. The van der Waals surface area contributed by atoms with Crippen LogP contribution in [0.15, 0.2) is 48.5 Å². The van der Waals surface area contributed by atoms with E-state index in [1.54, 1.807) is 0 Å². The maximum Gasteiger partial charge on any atom is 0.407 e. The molecule has 0 bridgehead atoms. The highest BCUT2D eigenvalue weighted by atomic mass is 16.5. The molecule has 7 heteroatoms. The lowest BCUT2D eigenvalue weighted by molar-refractivity contribution is -0.145. The van der Waals surface area contributed by atoms with Crippen LogP contribution in [-0.2, 0) is 14.3 Å². The molecule has 1 atom stereocenters. The molecule has 168 valence electrons. The van der Waals surface area contributed by atoms with Gasteiger partial charge in [-0.05, 0) is 41.5 Å². The standard InChI is InChI=1S/C25H28N2O5/c1-2-16(13-23(28)27(14-24(29)30)17-11-12-17)26-25(31)32-15-22-20-9-5-3-7-18(20)19-8-4-6-10-21(19)22/h3-10,16-17,22H,2,11-15H2,1H3,(H,26,31)(H,29,30). The number of carbonyl (C=O) groups is 3. The number of nitrogens with one attached hydrogen (secondary N) is 1. The molecule has 32 heavy (non-hydrogen) atoms. The van der Waals surface area contributed by atoms with E-state index >= 15 is 0 Å². The van der Waals surface area contributed by atoms with Gasteiger partial charge in [0.1, 0.15) is 13.2 Å². The molecule has 2 aromatic rings. The Morgan fingerprint density at radius 3 is 2.19 bits per heavy atom.